The van der Waals surface area contributed by atoms with Crippen LogP contribution in [0.5, 0.6) is 11.5 Å². The smallest absolute Gasteiger partial charge is 0.186 e. The fraction of sp³-hybridized carbons (Fsp3) is 0.538. The summed E-state index contributed by atoms with van der Waals surface area (Å²) in [4.78, 5) is 4.61. The van der Waals surface area contributed by atoms with E-state index >= 15 is 0 Å². The monoisotopic (exact) mass is 249 g/mol. The van der Waals surface area contributed by atoms with Crippen molar-refractivity contribution in [3.8, 4) is 11.5 Å². The Labute approximate surface area is 107 Å². The molecule has 98 valence electrons. The topological polar surface area (TPSA) is 51.0 Å². The van der Waals surface area contributed by atoms with Crippen molar-refractivity contribution >= 4 is 11.4 Å². The highest BCUT2D eigenvalue weighted by atomic mass is 16.6. The number of benzene rings is 1. The molecule has 0 aromatic heterocycles. The lowest BCUT2D eigenvalue weighted by Gasteiger charge is -2.36. The Morgan fingerprint density at radius 1 is 1.06 bits per heavy atom. The standard InChI is InChI=1S/C13H19N3O2/c1-15-4-6-16(7-5-15)12-10(14)2-3-11-13(12)18-9-8-17-11/h2-3H,4-9,14H2,1H3. The summed E-state index contributed by atoms with van der Waals surface area (Å²) in [6.45, 7) is 5.24. The average Bonchev–Trinajstić information content (AvgIpc) is 2.40. The molecule has 2 heterocycles. The van der Waals surface area contributed by atoms with E-state index in [-0.39, 0.29) is 0 Å². The zero-order valence-corrected chi connectivity index (χ0v) is 10.7. The number of hydrogen-bond acceptors (Lipinski definition) is 5. The molecule has 5 nitrogen and oxygen atoms in total. The van der Waals surface area contributed by atoms with E-state index in [1.54, 1.807) is 0 Å². The predicted molar refractivity (Wildman–Crippen MR) is 71.6 cm³/mol. The molecule has 1 aromatic carbocycles. The largest absolute Gasteiger partial charge is 0.486 e. The predicted octanol–water partition coefficient (Wildman–Crippen LogP) is 0.792. The molecule has 0 unspecified atom stereocenters. The van der Waals surface area contributed by atoms with E-state index in [0.717, 1.165) is 49.1 Å². The Bertz CT molecular complexity index is 442. The average molecular weight is 249 g/mol. The van der Waals surface area contributed by atoms with Gasteiger partial charge in [-0.2, -0.15) is 0 Å². The van der Waals surface area contributed by atoms with Crippen molar-refractivity contribution in [2.45, 2.75) is 0 Å². The summed E-state index contributed by atoms with van der Waals surface area (Å²) in [7, 11) is 2.14. The van der Waals surface area contributed by atoms with Crippen molar-refractivity contribution in [3.05, 3.63) is 12.1 Å². The number of rotatable bonds is 1. The van der Waals surface area contributed by atoms with Crippen molar-refractivity contribution in [3.63, 3.8) is 0 Å². The highest BCUT2D eigenvalue weighted by Gasteiger charge is 2.24. The molecule has 1 saturated heterocycles. The summed E-state index contributed by atoms with van der Waals surface area (Å²) in [6, 6.07) is 3.80. The van der Waals surface area contributed by atoms with Crippen molar-refractivity contribution in [2.75, 3.05) is 57.1 Å². The summed E-state index contributed by atoms with van der Waals surface area (Å²) in [5.74, 6) is 1.62. The first kappa shape index (κ1) is 11.5. The Morgan fingerprint density at radius 3 is 2.56 bits per heavy atom. The van der Waals surface area contributed by atoms with E-state index in [1.807, 2.05) is 12.1 Å². The highest BCUT2D eigenvalue weighted by molar-refractivity contribution is 5.79. The molecule has 1 aromatic rings. The first-order chi connectivity index (χ1) is 8.75. The number of ether oxygens (including phenoxy) is 2. The van der Waals surface area contributed by atoms with Gasteiger partial charge in [-0.05, 0) is 19.2 Å². The quantitative estimate of drug-likeness (QED) is 0.746. The number of piperazine rings is 1. The number of nitrogen functional groups attached to an aromatic ring is 1. The Balaban J connectivity index is 1.95. The van der Waals surface area contributed by atoms with Gasteiger partial charge in [0, 0.05) is 26.2 Å². The van der Waals surface area contributed by atoms with Gasteiger partial charge >= 0.3 is 0 Å². The van der Waals surface area contributed by atoms with Gasteiger partial charge in [0.1, 0.15) is 18.9 Å². The molecule has 0 spiro atoms. The summed E-state index contributed by atoms with van der Waals surface area (Å²) >= 11 is 0. The summed E-state index contributed by atoms with van der Waals surface area (Å²) < 4.78 is 11.4. The van der Waals surface area contributed by atoms with Gasteiger partial charge in [0.2, 0.25) is 0 Å². The van der Waals surface area contributed by atoms with E-state index in [1.165, 1.54) is 0 Å². The van der Waals surface area contributed by atoms with Crippen LogP contribution in [0.3, 0.4) is 0 Å². The zero-order valence-electron chi connectivity index (χ0n) is 10.7. The molecule has 1 fully saturated rings. The van der Waals surface area contributed by atoms with Gasteiger partial charge in [-0.1, -0.05) is 0 Å². The molecule has 3 rings (SSSR count). The van der Waals surface area contributed by atoms with Crippen LogP contribution in [0.1, 0.15) is 0 Å². The summed E-state index contributed by atoms with van der Waals surface area (Å²) in [6.07, 6.45) is 0. The molecule has 0 amide bonds. The normalized spacial score (nSPS) is 19.9. The molecule has 5 heteroatoms. The zero-order chi connectivity index (χ0) is 12.5. The molecule has 0 bridgehead atoms. The number of nitrogens with two attached hydrogens (primary N) is 1. The third-order valence-corrected chi connectivity index (χ3v) is 3.53. The van der Waals surface area contributed by atoms with Crippen LogP contribution >= 0.6 is 0 Å². The first-order valence-corrected chi connectivity index (χ1v) is 6.37. The Hall–Kier alpha value is -1.62. The lowest BCUT2D eigenvalue weighted by Crippen LogP contribution is -2.45. The fourth-order valence-electron chi connectivity index (χ4n) is 2.47. The lowest BCUT2D eigenvalue weighted by molar-refractivity contribution is 0.171. The van der Waals surface area contributed by atoms with Crippen LogP contribution in [0.4, 0.5) is 11.4 Å². The molecule has 18 heavy (non-hydrogen) atoms. The van der Waals surface area contributed by atoms with Crippen LogP contribution in [0.15, 0.2) is 12.1 Å². The van der Waals surface area contributed by atoms with Gasteiger partial charge < -0.3 is 25.0 Å². The van der Waals surface area contributed by atoms with E-state index in [4.69, 9.17) is 15.2 Å². The van der Waals surface area contributed by atoms with E-state index in [9.17, 15) is 0 Å². The summed E-state index contributed by atoms with van der Waals surface area (Å²) in [5, 5.41) is 0. The van der Waals surface area contributed by atoms with E-state index < -0.39 is 0 Å². The van der Waals surface area contributed by atoms with Crippen LogP contribution in [0.25, 0.3) is 0 Å². The van der Waals surface area contributed by atoms with E-state index in [2.05, 4.69) is 16.8 Å². The van der Waals surface area contributed by atoms with Crippen LogP contribution in [0.2, 0.25) is 0 Å². The van der Waals surface area contributed by atoms with Gasteiger partial charge in [-0.25, -0.2) is 0 Å². The second-order valence-corrected chi connectivity index (χ2v) is 4.82. The van der Waals surface area contributed by atoms with Gasteiger partial charge in [0.25, 0.3) is 0 Å². The van der Waals surface area contributed by atoms with E-state index in [0.29, 0.717) is 13.2 Å². The van der Waals surface area contributed by atoms with Crippen LogP contribution in [-0.4, -0.2) is 51.3 Å². The maximum absolute atomic E-state index is 6.12. The minimum Gasteiger partial charge on any atom is -0.486 e. The van der Waals surface area contributed by atoms with Crippen molar-refractivity contribution in [1.82, 2.24) is 4.90 Å². The molecule has 0 aliphatic carbocycles. The molecule has 0 saturated carbocycles. The van der Waals surface area contributed by atoms with Crippen LogP contribution in [0, 0.1) is 0 Å². The number of likely N-dealkylation sites (N-methyl/N-ethyl adjacent to an activating group) is 1. The van der Waals surface area contributed by atoms with Gasteiger partial charge in [0.15, 0.2) is 11.5 Å². The molecular formula is C13H19N3O2. The minimum atomic E-state index is 0.594. The molecule has 2 aliphatic heterocycles. The third kappa shape index (κ3) is 1.95. The Kier molecular flexibility index (Phi) is 2.91. The second-order valence-electron chi connectivity index (χ2n) is 4.82. The minimum absolute atomic E-state index is 0.594. The van der Waals surface area contributed by atoms with Crippen LogP contribution < -0.4 is 20.1 Å². The van der Waals surface area contributed by atoms with Crippen molar-refractivity contribution in [1.29, 1.82) is 0 Å². The maximum Gasteiger partial charge on any atom is 0.186 e. The molecule has 0 radical (unpaired) electrons. The molecule has 0 atom stereocenters. The second kappa shape index (κ2) is 4.57. The SMILES string of the molecule is CN1CCN(c2c(N)ccc3c2OCCO3)CC1. The van der Waals surface area contributed by atoms with Crippen LogP contribution in [-0.2, 0) is 0 Å². The number of hydrogen-bond donors (Lipinski definition) is 1. The van der Waals surface area contributed by atoms with Gasteiger partial charge in [-0.15, -0.1) is 0 Å². The molecular weight excluding hydrogens is 230 g/mol. The van der Waals surface area contributed by atoms with Gasteiger partial charge in [-0.3, -0.25) is 0 Å². The first-order valence-electron chi connectivity index (χ1n) is 6.37. The Morgan fingerprint density at radius 2 is 1.78 bits per heavy atom. The maximum atomic E-state index is 6.12. The molecule has 2 aliphatic rings. The lowest BCUT2D eigenvalue weighted by atomic mass is 10.1. The van der Waals surface area contributed by atoms with Crippen molar-refractivity contribution < 1.29 is 9.47 Å². The summed E-state index contributed by atoms with van der Waals surface area (Å²) in [5.41, 5.74) is 7.89. The highest BCUT2D eigenvalue weighted by Crippen LogP contribution is 2.43. The molecule has 2 N–H and O–H groups in total. The van der Waals surface area contributed by atoms with Crippen molar-refractivity contribution in [2.24, 2.45) is 0 Å². The number of nitrogens with zero attached hydrogens (tertiary/aromatic N) is 2. The van der Waals surface area contributed by atoms with Gasteiger partial charge in [0.05, 0.1) is 5.69 Å². The number of fused-ring (bicyclic) bond motifs is 1. The third-order valence-electron chi connectivity index (χ3n) is 3.53. The fourth-order valence-corrected chi connectivity index (χ4v) is 2.47. The number of anilines is 2.